The molecule has 0 spiro atoms. The first-order valence-electron chi connectivity index (χ1n) is 8.53. The van der Waals surface area contributed by atoms with Crippen LogP contribution in [-0.4, -0.2) is 29.6 Å². The largest absolute Gasteiger partial charge is 0.507 e. The highest BCUT2D eigenvalue weighted by atomic mass is 32.2. The van der Waals surface area contributed by atoms with Crippen LogP contribution in [0, 0.1) is 6.92 Å². The molecular weight excluding hydrogens is 394 g/mol. The third-order valence-corrected chi connectivity index (χ3v) is 5.79. The highest BCUT2D eigenvalue weighted by molar-refractivity contribution is 7.86. The molecule has 0 saturated heterocycles. The Balaban J connectivity index is 2.15. The van der Waals surface area contributed by atoms with Crippen LogP contribution in [0.25, 0.3) is 11.1 Å². The predicted octanol–water partition coefficient (Wildman–Crippen LogP) is 2.97. The summed E-state index contributed by atoms with van der Waals surface area (Å²) in [4.78, 5) is 25.8. The molecule has 0 fully saturated rings. The monoisotopic (exact) mass is 409 g/mol. The van der Waals surface area contributed by atoms with Crippen molar-refractivity contribution >= 4 is 27.4 Å². The van der Waals surface area contributed by atoms with E-state index in [1.807, 2.05) is 0 Å². The summed E-state index contributed by atoms with van der Waals surface area (Å²) in [6.07, 6.45) is 0. The average Bonchev–Trinajstić information content (AvgIpc) is 2.65. The first-order chi connectivity index (χ1) is 13.6. The summed E-state index contributed by atoms with van der Waals surface area (Å²) in [7, 11) is -4.66. The summed E-state index contributed by atoms with van der Waals surface area (Å²) in [5.41, 5.74) is 6.26. The first-order valence-corrected chi connectivity index (χ1v) is 9.97. The van der Waals surface area contributed by atoms with Crippen LogP contribution in [0.5, 0.6) is 5.75 Å². The molecule has 0 unspecified atom stereocenters. The lowest BCUT2D eigenvalue weighted by Crippen LogP contribution is -2.23. The molecule has 3 aromatic carbocycles. The second-order valence-corrected chi connectivity index (χ2v) is 8.18. The van der Waals surface area contributed by atoms with Gasteiger partial charge in [-0.1, -0.05) is 36.4 Å². The standard InChI is InChI=1S/C21H15NO6S/c1-10-6-7-13(16(8-10)29(26,27)28)17-14(22)9-15(23)18-19(17)21(25)12-5-3-2-4-11(12)20(18)24/h2-9,23H,22H2,1H3,(H,26,27,28). The van der Waals surface area contributed by atoms with Crippen LogP contribution in [0.3, 0.4) is 0 Å². The van der Waals surface area contributed by atoms with E-state index in [0.717, 1.165) is 6.07 Å². The van der Waals surface area contributed by atoms with Gasteiger partial charge in [0.1, 0.15) is 10.6 Å². The molecule has 4 N–H and O–H groups in total. The summed E-state index contributed by atoms with van der Waals surface area (Å²) in [6, 6.07) is 11.5. The van der Waals surface area contributed by atoms with E-state index >= 15 is 0 Å². The Morgan fingerprint density at radius 2 is 1.41 bits per heavy atom. The van der Waals surface area contributed by atoms with Crippen LogP contribution in [0.4, 0.5) is 5.69 Å². The van der Waals surface area contributed by atoms with Crippen molar-refractivity contribution in [2.75, 3.05) is 5.73 Å². The lowest BCUT2D eigenvalue weighted by Gasteiger charge is -2.23. The van der Waals surface area contributed by atoms with Crippen molar-refractivity contribution in [3.63, 3.8) is 0 Å². The molecular formula is C21H15NO6S. The van der Waals surface area contributed by atoms with Crippen LogP contribution in [-0.2, 0) is 10.1 Å². The second kappa shape index (κ2) is 6.26. The van der Waals surface area contributed by atoms with Crippen LogP contribution >= 0.6 is 0 Å². The summed E-state index contributed by atoms with van der Waals surface area (Å²) >= 11 is 0. The molecule has 4 rings (SSSR count). The van der Waals surface area contributed by atoms with Crippen molar-refractivity contribution in [3.8, 4) is 16.9 Å². The third-order valence-electron chi connectivity index (χ3n) is 4.89. The number of hydrogen-bond donors (Lipinski definition) is 3. The SMILES string of the molecule is Cc1ccc(-c2c(N)cc(O)c3c2C(=O)c2ccccc2C3=O)c(S(=O)(=O)O)c1. The zero-order chi connectivity index (χ0) is 21.1. The van der Waals surface area contributed by atoms with Gasteiger partial charge in [0.05, 0.1) is 5.56 Å². The van der Waals surface area contributed by atoms with E-state index in [0.29, 0.717) is 5.56 Å². The first kappa shape index (κ1) is 18.9. The van der Waals surface area contributed by atoms with E-state index in [1.54, 1.807) is 25.1 Å². The Morgan fingerprint density at radius 1 is 0.828 bits per heavy atom. The summed E-state index contributed by atoms with van der Waals surface area (Å²) in [5.74, 6) is -1.63. The van der Waals surface area contributed by atoms with Gasteiger partial charge in [0.15, 0.2) is 11.6 Å². The number of anilines is 1. The average molecular weight is 409 g/mol. The molecule has 3 aromatic rings. The van der Waals surface area contributed by atoms with E-state index in [4.69, 9.17) is 5.73 Å². The minimum absolute atomic E-state index is 0.0294. The number of fused-ring (bicyclic) bond motifs is 2. The normalized spacial score (nSPS) is 13.2. The molecule has 0 aliphatic heterocycles. The minimum atomic E-state index is -4.66. The number of carbonyl (C=O) groups is 2. The number of ketones is 2. The van der Waals surface area contributed by atoms with Crippen molar-refractivity contribution < 1.29 is 27.7 Å². The van der Waals surface area contributed by atoms with Crippen molar-refractivity contribution in [2.24, 2.45) is 0 Å². The van der Waals surface area contributed by atoms with Gasteiger partial charge in [0, 0.05) is 39.6 Å². The fourth-order valence-corrected chi connectivity index (χ4v) is 4.42. The molecule has 0 radical (unpaired) electrons. The number of phenolic OH excluding ortho intramolecular Hbond substituents is 1. The van der Waals surface area contributed by atoms with Gasteiger partial charge in [0.2, 0.25) is 0 Å². The van der Waals surface area contributed by atoms with Crippen molar-refractivity contribution in [1.82, 2.24) is 0 Å². The number of nitrogen functional groups attached to an aromatic ring is 1. The van der Waals surface area contributed by atoms with Gasteiger partial charge in [-0.3, -0.25) is 14.1 Å². The van der Waals surface area contributed by atoms with Crippen molar-refractivity contribution in [3.05, 3.63) is 76.3 Å². The number of nitrogens with two attached hydrogens (primary N) is 1. The molecule has 0 heterocycles. The summed E-state index contributed by atoms with van der Waals surface area (Å²) < 4.78 is 33.7. The molecule has 0 atom stereocenters. The molecule has 0 aromatic heterocycles. The van der Waals surface area contributed by atoms with Gasteiger partial charge < -0.3 is 10.8 Å². The fraction of sp³-hybridized carbons (Fsp3) is 0.0476. The molecule has 1 aliphatic carbocycles. The Bertz CT molecular complexity index is 1340. The Kier molecular flexibility index (Phi) is 4.07. The lowest BCUT2D eigenvalue weighted by molar-refractivity contribution is 0.0977. The number of aryl methyl sites for hydroxylation is 1. The summed E-state index contributed by atoms with van der Waals surface area (Å²) in [6.45, 7) is 1.64. The Hall–Kier alpha value is -3.49. The van der Waals surface area contributed by atoms with E-state index in [1.165, 1.54) is 24.3 Å². The molecule has 146 valence electrons. The third kappa shape index (κ3) is 2.81. The van der Waals surface area contributed by atoms with Crippen LogP contribution in [0.2, 0.25) is 0 Å². The molecule has 7 nitrogen and oxygen atoms in total. The smallest absolute Gasteiger partial charge is 0.295 e. The minimum Gasteiger partial charge on any atom is -0.507 e. The maximum atomic E-state index is 13.2. The maximum absolute atomic E-state index is 13.2. The molecule has 29 heavy (non-hydrogen) atoms. The number of rotatable bonds is 2. The number of hydrogen-bond acceptors (Lipinski definition) is 6. The fourth-order valence-electron chi connectivity index (χ4n) is 3.63. The highest BCUT2D eigenvalue weighted by Gasteiger charge is 2.36. The van der Waals surface area contributed by atoms with Gasteiger partial charge >= 0.3 is 0 Å². The number of aromatic hydroxyl groups is 1. The van der Waals surface area contributed by atoms with Crippen molar-refractivity contribution in [2.45, 2.75) is 11.8 Å². The van der Waals surface area contributed by atoms with Gasteiger partial charge in [-0.25, -0.2) is 0 Å². The highest BCUT2D eigenvalue weighted by Crippen LogP contribution is 2.44. The predicted molar refractivity (Wildman–Crippen MR) is 106 cm³/mol. The molecule has 0 bridgehead atoms. The molecule has 1 aliphatic rings. The van der Waals surface area contributed by atoms with Gasteiger partial charge in [-0.05, 0) is 18.6 Å². The van der Waals surface area contributed by atoms with Crippen LogP contribution in [0.1, 0.15) is 37.4 Å². The van der Waals surface area contributed by atoms with E-state index < -0.39 is 32.3 Å². The van der Waals surface area contributed by atoms with E-state index in [9.17, 15) is 27.7 Å². The molecule has 0 saturated carbocycles. The van der Waals surface area contributed by atoms with Gasteiger partial charge in [0.25, 0.3) is 10.1 Å². The molecule has 8 heteroatoms. The van der Waals surface area contributed by atoms with Crippen molar-refractivity contribution in [1.29, 1.82) is 0 Å². The lowest BCUT2D eigenvalue weighted by atomic mass is 9.79. The quantitative estimate of drug-likeness (QED) is 0.342. The van der Waals surface area contributed by atoms with E-state index in [-0.39, 0.29) is 39.1 Å². The maximum Gasteiger partial charge on any atom is 0.295 e. The topological polar surface area (TPSA) is 135 Å². The van der Waals surface area contributed by atoms with Gasteiger partial charge in [-0.2, -0.15) is 8.42 Å². The van der Waals surface area contributed by atoms with Crippen LogP contribution in [0.15, 0.2) is 53.4 Å². The Morgan fingerprint density at radius 3 is 2.00 bits per heavy atom. The van der Waals surface area contributed by atoms with Gasteiger partial charge in [-0.15, -0.1) is 0 Å². The number of benzene rings is 3. The molecule has 0 amide bonds. The van der Waals surface area contributed by atoms with Crippen LogP contribution < -0.4 is 5.73 Å². The number of carbonyl (C=O) groups excluding carboxylic acids is 2. The zero-order valence-corrected chi connectivity index (χ0v) is 15.9. The second-order valence-electron chi connectivity index (χ2n) is 6.79. The zero-order valence-electron chi connectivity index (χ0n) is 15.1. The summed E-state index contributed by atoms with van der Waals surface area (Å²) in [5, 5.41) is 10.4. The number of phenols is 1. The Labute approximate surface area is 166 Å². The van der Waals surface area contributed by atoms with E-state index in [2.05, 4.69) is 0 Å².